The van der Waals surface area contributed by atoms with E-state index < -0.39 is 13.3 Å². The van der Waals surface area contributed by atoms with Crippen molar-refractivity contribution in [3.8, 4) is 11.5 Å². The van der Waals surface area contributed by atoms with Crippen LogP contribution in [0.1, 0.15) is 57.8 Å². The summed E-state index contributed by atoms with van der Waals surface area (Å²) in [6.45, 7) is 10.6. The second-order valence-corrected chi connectivity index (χ2v) is 9.56. The Morgan fingerprint density at radius 2 is 1.62 bits per heavy atom. The van der Waals surface area contributed by atoms with Crippen LogP contribution >= 0.6 is 7.80 Å². The summed E-state index contributed by atoms with van der Waals surface area (Å²) >= 11 is 0. The third-order valence-corrected chi connectivity index (χ3v) is 5.58. The molecule has 3 unspecified atom stereocenters. The molecule has 4 nitrogen and oxygen atoms in total. The van der Waals surface area contributed by atoms with Crippen LogP contribution in [0.3, 0.4) is 0 Å². The summed E-state index contributed by atoms with van der Waals surface area (Å²) in [6.07, 6.45) is 1.79. The highest BCUT2D eigenvalue weighted by Gasteiger charge is 2.40. The van der Waals surface area contributed by atoms with Gasteiger partial charge in [-0.2, -0.15) is 0 Å². The van der Waals surface area contributed by atoms with Crippen molar-refractivity contribution in [3.63, 3.8) is 0 Å². The topological polar surface area (TPSA) is 52.6 Å². The Morgan fingerprint density at radius 1 is 1.12 bits per heavy atom. The fraction of sp³-hybridized carbons (Fsp3) is 0.632. The third kappa shape index (κ3) is 5.59. The summed E-state index contributed by atoms with van der Waals surface area (Å²) in [6, 6.07) is 5.12. The van der Waals surface area contributed by atoms with Gasteiger partial charge in [0.15, 0.2) is 11.2 Å². The molecule has 0 radical (unpaired) electrons. The highest BCUT2D eigenvalue weighted by Crippen LogP contribution is 2.42. The van der Waals surface area contributed by atoms with E-state index in [2.05, 4.69) is 27.7 Å². The average Bonchev–Trinajstić information content (AvgIpc) is 2.50. The number of hydrogen-bond acceptors (Lipinski definition) is 4. The van der Waals surface area contributed by atoms with E-state index in [-0.39, 0.29) is 16.6 Å². The predicted octanol–water partition coefficient (Wildman–Crippen LogP) is 5.52. The van der Waals surface area contributed by atoms with Gasteiger partial charge >= 0.3 is 13.3 Å². The first-order chi connectivity index (χ1) is 11.1. The molecule has 0 spiro atoms. The largest absolute Gasteiger partial charge is 0.496 e. The molecule has 24 heavy (non-hydrogen) atoms. The average molecular weight is 353 g/mol. The summed E-state index contributed by atoms with van der Waals surface area (Å²) in [5, 5.41) is 0. The minimum absolute atomic E-state index is 0.181. The molecule has 0 saturated heterocycles. The van der Waals surface area contributed by atoms with Crippen LogP contribution in [0.15, 0.2) is 18.2 Å². The molecule has 3 atom stereocenters. The molecule has 0 amide bonds. The fourth-order valence-electron chi connectivity index (χ4n) is 3.18. The lowest BCUT2D eigenvalue weighted by Crippen LogP contribution is -2.15. The van der Waals surface area contributed by atoms with E-state index >= 15 is 0 Å². The van der Waals surface area contributed by atoms with Gasteiger partial charge in [0.1, 0.15) is 11.5 Å². The van der Waals surface area contributed by atoms with E-state index in [0.29, 0.717) is 17.4 Å². The molecule has 0 bridgehead atoms. The molecule has 1 aromatic rings. The maximum atomic E-state index is 12.8. The molecule has 0 saturated carbocycles. The summed E-state index contributed by atoms with van der Waals surface area (Å²) < 4.78 is 23.3. The normalized spacial score (nSPS) is 14.7. The number of ether oxygens (including phenoxy) is 2. The van der Waals surface area contributed by atoms with Crippen molar-refractivity contribution < 1.29 is 18.8 Å². The second-order valence-electron chi connectivity index (χ2n) is 7.62. The van der Waals surface area contributed by atoms with Crippen molar-refractivity contribution in [2.45, 2.75) is 53.1 Å². The smallest absolute Gasteiger partial charge is 0.423 e. The molecule has 1 aromatic carbocycles. The van der Waals surface area contributed by atoms with Crippen LogP contribution in [0.25, 0.3) is 0 Å². The number of rotatable bonds is 8. The maximum absolute atomic E-state index is 12.8. The van der Waals surface area contributed by atoms with Crippen LogP contribution in [0, 0.1) is 11.3 Å². The van der Waals surface area contributed by atoms with Crippen LogP contribution in [0.4, 0.5) is 0 Å². The first-order valence-electron chi connectivity index (χ1n) is 8.32. The molecule has 0 aliphatic heterocycles. The molecule has 0 aliphatic rings. The Morgan fingerprint density at radius 3 is 2.04 bits per heavy atom. The number of hydrogen-bond donors (Lipinski definition) is 0. The van der Waals surface area contributed by atoms with Gasteiger partial charge in [-0.25, -0.2) is 4.79 Å². The van der Waals surface area contributed by atoms with Gasteiger partial charge in [-0.1, -0.05) is 38.3 Å². The van der Waals surface area contributed by atoms with Crippen LogP contribution < -0.4 is 9.47 Å². The van der Waals surface area contributed by atoms with E-state index in [1.807, 2.05) is 6.92 Å². The van der Waals surface area contributed by atoms with Gasteiger partial charge in [0.25, 0.3) is 0 Å². The van der Waals surface area contributed by atoms with Crippen LogP contribution in [0.2, 0.25) is 0 Å². The lowest BCUT2D eigenvalue weighted by molar-refractivity contribution is 0.107. The SMILES string of the molecule is COc1cccc(OC)c1C(=O)[P+](=O)C(C)CC(C)CC(C)(C)C. The zero-order valence-corrected chi connectivity index (χ0v) is 16.8. The van der Waals surface area contributed by atoms with Crippen molar-refractivity contribution in [1.82, 2.24) is 0 Å². The zero-order valence-electron chi connectivity index (χ0n) is 15.9. The molecule has 1 rings (SSSR count). The molecule has 0 N–H and O–H groups in total. The number of carbonyl (C=O) groups is 1. The first kappa shape index (κ1) is 20.6. The lowest BCUT2D eigenvalue weighted by atomic mass is 9.84. The predicted molar refractivity (Wildman–Crippen MR) is 98.8 cm³/mol. The van der Waals surface area contributed by atoms with Crippen LogP contribution in [0.5, 0.6) is 11.5 Å². The number of benzene rings is 1. The van der Waals surface area contributed by atoms with E-state index in [9.17, 15) is 9.36 Å². The minimum atomic E-state index is -2.05. The molecular formula is C19H30O4P+. The van der Waals surface area contributed by atoms with Crippen LogP contribution in [-0.4, -0.2) is 25.4 Å². The van der Waals surface area contributed by atoms with Crippen molar-refractivity contribution in [2.24, 2.45) is 11.3 Å². The Bertz CT molecular complexity index is 567. The Hall–Kier alpha value is -1.41. The maximum Gasteiger partial charge on any atom is 0.423 e. The molecule has 0 aliphatic carbocycles. The van der Waals surface area contributed by atoms with Gasteiger partial charge in [0.2, 0.25) is 0 Å². The summed E-state index contributed by atoms with van der Waals surface area (Å²) in [7, 11) is 0.941. The lowest BCUT2D eigenvalue weighted by Gasteiger charge is -2.23. The minimum Gasteiger partial charge on any atom is -0.496 e. The van der Waals surface area contributed by atoms with Gasteiger partial charge < -0.3 is 9.47 Å². The van der Waals surface area contributed by atoms with E-state index in [1.165, 1.54) is 14.2 Å². The summed E-state index contributed by atoms with van der Waals surface area (Å²) in [5.74, 6) is 1.21. The van der Waals surface area contributed by atoms with Gasteiger partial charge in [-0.3, -0.25) is 0 Å². The summed E-state index contributed by atoms with van der Waals surface area (Å²) in [4.78, 5) is 12.8. The Kier molecular flexibility index (Phi) is 7.41. The molecule has 134 valence electrons. The quantitative estimate of drug-likeness (QED) is 0.577. The molecule has 0 aromatic heterocycles. The Labute approximate surface area is 146 Å². The molecule has 0 heterocycles. The highest BCUT2D eigenvalue weighted by atomic mass is 31.1. The highest BCUT2D eigenvalue weighted by molar-refractivity contribution is 7.65. The van der Waals surface area contributed by atoms with Crippen molar-refractivity contribution >= 4 is 13.3 Å². The summed E-state index contributed by atoms with van der Waals surface area (Å²) in [5.41, 5.74) is -0.0751. The Balaban J connectivity index is 2.94. The third-order valence-electron chi connectivity index (χ3n) is 3.95. The molecule has 0 fully saturated rings. The fourth-order valence-corrected chi connectivity index (χ4v) is 4.57. The van der Waals surface area contributed by atoms with Gasteiger partial charge in [0.05, 0.1) is 14.2 Å². The van der Waals surface area contributed by atoms with Crippen molar-refractivity contribution in [2.75, 3.05) is 14.2 Å². The van der Waals surface area contributed by atoms with Crippen molar-refractivity contribution in [3.05, 3.63) is 23.8 Å². The number of carbonyl (C=O) groups excluding carboxylic acids is 1. The van der Waals surface area contributed by atoms with Gasteiger partial charge in [0, 0.05) is 0 Å². The van der Waals surface area contributed by atoms with E-state index in [0.717, 1.165) is 12.8 Å². The van der Waals surface area contributed by atoms with Gasteiger partial charge in [-0.15, -0.1) is 0 Å². The molecule has 5 heteroatoms. The monoisotopic (exact) mass is 353 g/mol. The first-order valence-corrected chi connectivity index (χ1v) is 9.65. The zero-order chi connectivity index (χ0) is 18.5. The van der Waals surface area contributed by atoms with Crippen LogP contribution in [-0.2, 0) is 4.57 Å². The van der Waals surface area contributed by atoms with Crippen molar-refractivity contribution in [1.29, 1.82) is 0 Å². The number of methoxy groups -OCH3 is 2. The van der Waals surface area contributed by atoms with E-state index in [1.54, 1.807) is 18.2 Å². The molecular weight excluding hydrogens is 323 g/mol. The van der Waals surface area contributed by atoms with Gasteiger partial charge in [-0.05, 0) is 43.2 Å². The standard InChI is InChI=1S/C19H30O4P/c1-13(12-19(3,4)5)11-14(2)24(21)18(20)17-15(22-6)9-8-10-16(17)23-7/h8-10,13-14H,11-12H2,1-7H3/q+1. The second kappa shape index (κ2) is 8.62. The van der Waals surface area contributed by atoms with E-state index in [4.69, 9.17) is 9.47 Å².